The van der Waals surface area contributed by atoms with Crippen molar-refractivity contribution in [3.8, 4) is 0 Å². The van der Waals surface area contributed by atoms with E-state index in [-0.39, 0.29) is 30.9 Å². The third-order valence-electron chi connectivity index (χ3n) is 3.17. The van der Waals surface area contributed by atoms with Gasteiger partial charge < -0.3 is 5.11 Å². The van der Waals surface area contributed by atoms with Crippen LogP contribution < -0.4 is 0 Å². The van der Waals surface area contributed by atoms with E-state index in [1.807, 2.05) is 0 Å². The van der Waals surface area contributed by atoms with Crippen LogP contribution in [0.3, 0.4) is 0 Å². The number of carboxylic acid groups (broad SMARTS) is 1. The number of nitrogens with zero attached hydrogens (tertiary/aromatic N) is 1. The van der Waals surface area contributed by atoms with Crippen LogP contribution in [0.2, 0.25) is 0 Å². The Morgan fingerprint density at radius 3 is 2.42 bits per heavy atom. The van der Waals surface area contributed by atoms with Crippen LogP contribution in [0.15, 0.2) is 24.3 Å². The number of aromatic carboxylic acids is 1. The van der Waals surface area contributed by atoms with Crippen molar-refractivity contribution in [1.82, 2.24) is 4.90 Å². The number of carbonyl (C=O) groups is 1. The first-order valence-electron chi connectivity index (χ1n) is 5.89. The first kappa shape index (κ1) is 15.9. The topological polar surface area (TPSA) is 40.5 Å². The molecule has 0 aromatic heterocycles. The first-order valence-corrected chi connectivity index (χ1v) is 5.89. The third-order valence-corrected chi connectivity index (χ3v) is 3.17. The summed E-state index contributed by atoms with van der Waals surface area (Å²) in [6, 6.07) is 6.54. The second kappa shape index (κ2) is 6.30. The molecule has 0 aliphatic carbocycles. The molecule has 0 bridgehead atoms. The lowest BCUT2D eigenvalue weighted by atomic mass is 10.1. The summed E-state index contributed by atoms with van der Waals surface area (Å²) in [7, 11) is 0. The summed E-state index contributed by atoms with van der Waals surface area (Å²) in [6.45, 7) is 0.850. The molecule has 0 unspecified atom stereocenters. The molecule has 0 radical (unpaired) electrons. The van der Waals surface area contributed by atoms with Crippen molar-refractivity contribution in [2.24, 2.45) is 0 Å². The maximum Gasteiger partial charge on any atom is 0.335 e. The molecule has 0 saturated carbocycles. The number of carboxylic acids is 1. The van der Waals surface area contributed by atoms with Crippen LogP contribution in [-0.2, 0) is 6.42 Å². The normalized spacial score (nSPS) is 18.0. The highest BCUT2D eigenvalue weighted by atomic mass is 35.5. The molecular weight excluding hydrogens is 276 g/mol. The monoisotopic (exact) mass is 291 g/mol. The van der Waals surface area contributed by atoms with Crippen molar-refractivity contribution < 1.29 is 18.7 Å². The molecule has 2 rings (SSSR count). The minimum Gasteiger partial charge on any atom is -0.478 e. The summed E-state index contributed by atoms with van der Waals surface area (Å²) in [6.07, 6.45) is 0.598. The highest BCUT2D eigenvalue weighted by Crippen LogP contribution is 2.26. The van der Waals surface area contributed by atoms with E-state index >= 15 is 0 Å². The summed E-state index contributed by atoms with van der Waals surface area (Å²) in [5.74, 6) is -3.51. The van der Waals surface area contributed by atoms with Crippen LogP contribution in [0, 0.1) is 0 Å². The molecule has 1 fully saturated rings. The zero-order chi connectivity index (χ0) is 13.2. The molecule has 3 nitrogen and oxygen atoms in total. The van der Waals surface area contributed by atoms with Gasteiger partial charge in [-0.05, 0) is 24.1 Å². The van der Waals surface area contributed by atoms with Gasteiger partial charge in [0.1, 0.15) is 0 Å². The fourth-order valence-electron chi connectivity index (χ4n) is 2.10. The summed E-state index contributed by atoms with van der Waals surface area (Å²) >= 11 is 0. The average Bonchev–Trinajstić information content (AvgIpc) is 2.67. The Morgan fingerprint density at radius 2 is 1.95 bits per heavy atom. The van der Waals surface area contributed by atoms with Crippen molar-refractivity contribution in [2.75, 3.05) is 19.6 Å². The molecule has 1 aliphatic heterocycles. The Kier molecular flexibility index (Phi) is 5.26. The van der Waals surface area contributed by atoms with Crippen LogP contribution in [0.5, 0.6) is 0 Å². The lowest BCUT2D eigenvalue weighted by molar-refractivity contribution is 0.0123. The van der Waals surface area contributed by atoms with E-state index in [9.17, 15) is 13.6 Å². The quantitative estimate of drug-likeness (QED) is 0.927. The second-order valence-electron chi connectivity index (χ2n) is 4.63. The fourth-order valence-corrected chi connectivity index (χ4v) is 2.10. The SMILES string of the molecule is Cl.O=C(O)c1ccc(CCN2CCC(F)(F)C2)cc1. The minimum atomic E-state index is -2.55. The van der Waals surface area contributed by atoms with Gasteiger partial charge in [0.15, 0.2) is 0 Å². The van der Waals surface area contributed by atoms with E-state index in [0.29, 0.717) is 19.5 Å². The molecule has 0 spiro atoms. The Labute approximate surface area is 116 Å². The number of alkyl halides is 2. The Morgan fingerprint density at radius 1 is 1.32 bits per heavy atom. The summed E-state index contributed by atoms with van der Waals surface area (Å²) in [5, 5.41) is 8.74. The zero-order valence-corrected chi connectivity index (χ0v) is 11.1. The van der Waals surface area contributed by atoms with Gasteiger partial charge >= 0.3 is 5.97 Å². The molecule has 0 amide bonds. The number of hydrogen-bond donors (Lipinski definition) is 1. The summed E-state index contributed by atoms with van der Waals surface area (Å²) in [5.41, 5.74) is 1.21. The van der Waals surface area contributed by atoms with Crippen LogP contribution in [0.25, 0.3) is 0 Å². The van der Waals surface area contributed by atoms with Gasteiger partial charge in [-0.2, -0.15) is 0 Å². The van der Waals surface area contributed by atoms with Gasteiger partial charge in [0, 0.05) is 19.5 Å². The van der Waals surface area contributed by atoms with E-state index in [4.69, 9.17) is 5.11 Å². The Balaban J connectivity index is 0.00000180. The lowest BCUT2D eigenvalue weighted by Crippen LogP contribution is -2.27. The number of benzene rings is 1. The third kappa shape index (κ3) is 4.44. The highest BCUT2D eigenvalue weighted by Gasteiger charge is 2.37. The minimum absolute atomic E-state index is 0. The van der Waals surface area contributed by atoms with Crippen LogP contribution in [-0.4, -0.2) is 41.5 Å². The van der Waals surface area contributed by atoms with Crippen molar-refractivity contribution in [3.05, 3.63) is 35.4 Å². The standard InChI is InChI=1S/C13H15F2NO2.ClH/c14-13(15)6-8-16(9-13)7-5-10-1-3-11(4-2-10)12(17)18;/h1-4H,5-9H2,(H,17,18);1H. The maximum absolute atomic E-state index is 13.0. The number of rotatable bonds is 4. The molecule has 1 saturated heterocycles. The molecular formula is C13H16ClF2NO2. The van der Waals surface area contributed by atoms with E-state index in [1.54, 1.807) is 17.0 Å². The molecule has 106 valence electrons. The maximum atomic E-state index is 13.0. The molecule has 1 aromatic carbocycles. The Bertz CT molecular complexity index is 437. The van der Waals surface area contributed by atoms with E-state index in [0.717, 1.165) is 5.56 Å². The molecule has 1 N–H and O–H groups in total. The molecule has 19 heavy (non-hydrogen) atoms. The molecule has 1 aromatic rings. The van der Waals surface area contributed by atoms with Crippen molar-refractivity contribution in [2.45, 2.75) is 18.8 Å². The molecule has 6 heteroatoms. The van der Waals surface area contributed by atoms with Gasteiger partial charge in [-0.15, -0.1) is 12.4 Å². The predicted molar refractivity (Wildman–Crippen MR) is 70.4 cm³/mol. The van der Waals surface area contributed by atoms with E-state index < -0.39 is 11.9 Å². The largest absolute Gasteiger partial charge is 0.478 e. The van der Waals surface area contributed by atoms with Crippen LogP contribution in [0.1, 0.15) is 22.3 Å². The van der Waals surface area contributed by atoms with Crippen molar-refractivity contribution >= 4 is 18.4 Å². The van der Waals surface area contributed by atoms with Gasteiger partial charge in [0.2, 0.25) is 0 Å². The van der Waals surface area contributed by atoms with E-state index in [1.165, 1.54) is 12.1 Å². The van der Waals surface area contributed by atoms with Gasteiger partial charge in [-0.25, -0.2) is 13.6 Å². The summed E-state index contributed by atoms with van der Waals surface area (Å²) < 4.78 is 25.9. The number of hydrogen-bond acceptors (Lipinski definition) is 2. The summed E-state index contributed by atoms with van der Waals surface area (Å²) in [4.78, 5) is 12.4. The van der Waals surface area contributed by atoms with Gasteiger partial charge in [-0.3, -0.25) is 4.90 Å². The second-order valence-corrected chi connectivity index (χ2v) is 4.63. The Hall–Kier alpha value is -1.20. The smallest absolute Gasteiger partial charge is 0.335 e. The van der Waals surface area contributed by atoms with Gasteiger partial charge in [-0.1, -0.05) is 12.1 Å². The van der Waals surface area contributed by atoms with Crippen molar-refractivity contribution in [1.29, 1.82) is 0 Å². The van der Waals surface area contributed by atoms with Crippen LogP contribution >= 0.6 is 12.4 Å². The van der Waals surface area contributed by atoms with Crippen molar-refractivity contribution in [3.63, 3.8) is 0 Å². The zero-order valence-electron chi connectivity index (χ0n) is 10.3. The average molecular weight is 292 g/mol. The van der Waals surface area contributed by atoms with E-state index in [2.05, 4.69) is 0 Å². The number of halogens is 3. The lowest BCUT2D eigenvalue weighted by Gasteiger charge is -2.15. The number of likely N-dealkylation sites (tertiary alicyclic amines) is 1. The van der Waals surface area contributed by atoms with Crippen LogP contribution in [0.4, 0.5) is 8.78 Å². The molecule has 0 atom stereocenters. The molecule has 1 aliphatic rings. The fraction of sp³-hybridized carbons (Fsp3) is 0.462. The predicted octanol–water partition coefficient (Wildman–Crippen LogP) is 2.69. The molecule has 1 heterocycles. The first-order chi connectivity index (χ1) is 8.46. The van der Waals surface area contributed by atoms with Gasteiger partial charge in [0.05, 0.1) is 12.1 Å². The highest BCUT2D eigenvalue weighted by molar-refractivity contribution is 5.87. The van der Waals surface area contributed by atoms with Gasteiger partial charge in [0.25, 0.3) is 5.92 Å².